The molecule has 1 fully saturated rings. The van der Waals surface area contributed by atoms with E-state index >= 15 is 0 Å². The molecule has 0 amide bonds. The Morgan fingerprint density at radius 2 is 2.06 bits per heavy atom. The van der Waals surface area contributed by atoms with E-state index in [1.807, 2.05) is 19.1 Å². The standard InChI is InChI=1S/C15H23NO2/c1-12-10-13(11-17)4-5-14(12)16-8-3-6-15(2,18)7-9-16/h4-5,10,17-18H,3,6-9,11H2,1-2H3. The van der Waals surface area contributed by atoms with Crippen molar-refractivity contribution in [2.45, 2.75) is 45.3 Å². The molecular formula is C15H23NO2. The van der Waals surface area contributed by atoms with E-state index in [4.69, 9.17) is 5.11 Å². The van der Waals surface area contributed by atoms with Crippen molar-refractivity contribution in [3.05, 3.63) is 29.3 Å². The van der Waals surface area contributed by atoms with E-state index < -0.39 is 5.60 Å². The van der Waals surface area contributed by atoms with Crippen molar-refractivity contribution >= 4 is 5.69 Å². The zero-order valence-electron chi connectivity index (χ0n) is 11.3. The number of benzene rings is 1. The Morgan fingerprint density at radius 3 is 2.72 bits per heavy atom. The average Bonchev–Trinajstić information content (AvgIpc) is 2.50. The number of rotatable bonds is 2. The van der Waals surface area contributed by atoms with E-state index in [0.29, 0.717) is 0 Å². The van der Waals surface area contributed by atoms with Crippen LogP contribution in [0.4, 0.5) is 5.69 Å². The number of anilines is 1. The molecule has 1 aliphatic rings. The van der Waals surface area contributed by atoms with Gasteiger partial charge in [0, 0.05) is 18.8 Å². The highest BCUT2D eigenvalue weighted by atomic mass is 16.3. The van der Waals surface area contributed by atoms with Crippen LogP contribution in [0.1, 0.15) is 37.3 Å². The molecule has 3 heteroatoms. The Balaban J connectivity index is 2.16. The number of aliphatic hydroxyl groups is 2. The van der Waals surface area contributed by atoms with Crippen molar-refractivity contribution in [3.63, 3.8) is 0 Å². The molecule has 0 bridgehead atoms. The summed E-state index contributed by atoms with van der Waals surface area (Å²) >= 11 is 0. The van der Waals surface area contributed by atoms with Gasteiger partial charge in [-0.25, -0.2) is 0 Å². The van der Waals surface area contributed by atoms with Gasteiger partial charge in [-0.15, -0.1) is 0 Å². The van der Waals surface area contributed by atoms with Gasteiger partial charge in [0.1, 0.15) is 0 Å². The van der Waals surface area contributed by atoms with Crippen molar-refractivity contribution in [2.75, 3.05) is 18.0 Å². The zero-order valence-corrected chi connectivity index (χ0v) is 11.3. The number of hydrogen-bond acceptors (Lipinski definition) is 3. The van der Waals surface area contributed by atoms with E-state index in [-0.39, 0.29) is 6.61 Å². The molecule has 1 saturated heterocycles. The molecule has 1 aromatic rings. The molecule has 1 aromatic carbocycles. The molecular weight excluding hydrogens is 226 g/mol. The first-order chi connectivity index (χ1) is 8.52. The fraction of sp³-hybridized carbons (Fsp3) is 0.600. The van der Waals surface area contributed by atoms with Gasteiger partial charge in [0.2, 0.25) is 0 Å². The van der Waals surface area contributed by atoms with Crippen molar-refractivity contribution in [1.82, 2.24) is 0 Å². The Kier molecular flexibility index (Phi) is 3.93. The lowest BCUT2D eigenvalue weighted by Crippen LogP contribution is -2.28. The summed E-state index contributed by atoms with van der Waals surface area (Å²) in [6.45, 7) is 5.99. The first-order valence-corrected chi connectivity index (χ1v) is 6.69. The van der Waals surface area contributed by atoms with Crippen LogP contribution in [0.15, 0.2) is 18.2 Å². The lowest BCUT2D eigenvalue weighted by Gasteiger charge is -2.26. The maximum absolute atomic E-state index is 10.1. The van der Waals surface area contributed by atoms with Gasteiger partial charge in [-0.05, 0) is 50.3 Å². The summed E-state index contributed by atoms with van der Waals surface area (Å²) in [7, 11) is 0. The predicted octanol–water partition coefficient (Wildman–Crippen LogP) is 2.23. The van der Waals surface area contributed by atoms with Gasteiger partial charge >= 0.3 is 0 Å². The van der Waals surface area contributed by atoms with Gasteiger partial charge in [-0.2, -0.15) is 0 Å². The lowest BCUT2D eigenvalue weighted by molar-refractivity contribution is 0.0481. The second-order valence-electron chi connectivity index (χ2n) is 5.62. The molecule has 100 valence electrons. The Bertz CT molecular complexity index is 415. The fourth-order valence-corrected chi connectivity index (χ4v) is 2.68. The first kappa shape index (κ1) is 13.4. The van der Waals surface area contributed by atoms with Gasteiger partial charge in [-0.3, -0.25) is 0 Å². The summed E-state index contributed by atoms with van der Waals surface area (Å²) in [4.78, 5) is 2.35. The van der Waals surface area contributed by atoms with Crippen LogP contribution in [0, 0.1) is 6.92 Å². The minimum absolute atomic E-state index is 0.0931. The maximum atomic E-state index is 10.1. The molecule has 2 rings (SSSR count). The Morgan fingerprint density at radius 1 is 1.28 bits per heavy atom. The van der Waals surface area contributed by atoms with E-state index in [2.05, 4.69) is 17.9 Å². The molecule has 0 spiro atoms. The molecule has 3 nitrogen and oxygen atoms in total. The summed E-state index contributed by atoms with van der Waals surface area (Å²) in [6, 6.07) is 6.10. The van der Waals surface area contributed by atoms with Crippen molar-refractivity contribution < 1.29 is 10.2 Å². The minimum atomic E-state index is -0.520. The van der Waals surface area contributed by atoms with Crippen LogP contribution in [0.5, 0.6) is 0 Å². The summed E-state index contributed by atoms with van der Waals surface area (Å²) in [5.41, 5.74) is 2.86. The molecule has 0 aliphatic carbocycles. The van der Waals surface area contributed by atoms with Crippen LogP contribution in [0.2, 0.25) is 0 Å². The summed E-state index contributed by atoms with van der Waals surface area (Å²) in [6.07, 6.45) is 2.71. The highest BCUT2D eigenvalue weighted by Crippen LogP contribution is 2.27. The predicted molar refractivity (Wildman–Crippen MR) is 73.8 cm³/mol. The second kappa shape index (κ2) is 5.29. The Labute approximate surface area is 109 Å². The number of hydrogen-bond donors (Lipinski definition) is 2. The van der Waals surface area contributed by atoms with E-state index in [9.17, 15) is 5.11 Å². The SMILES string of the molecule is Cc1cc(CO)ccc1N1CCCC(C)(O)CC1. The molecule has 0 radical (unpaired) electrons. The molecule has 1 aliphatic heterocycles. The molecule has 1 atom stereocenters. The molecule has 1 heterocycles. The third-order valence-electron chi connectivity index (χ3n) is 3.85. The third kappa shape index (κ3) is 3.03. The molecule has 2 N–H and O–H groups in total. The highest BCUT2D eigenvalue weighted by Gasteiger charge is 2.25. The van der Waals surface area contributed by atoms with Gasteiger partial charge in [0.15, 0.2) is 0 Å². The summed E-state index contributed by atoms with van der Waals surface area (Å²) in [5, 5.41) is 19.2. The minimum Gasteiger partial charge on any atom is -0.392 e. The number of aryl methyl sites for hydroxylation is 1. The van der Waals surface area contributed by atoms with E-state index in [0.717, 1.165) is 37.9 Å². The summed E-state index contributed by atoms with van der Waals surface area (Å²) < 4.78 is 0. The average molecular weight is 249 g/mol. The fourth-order valence-electron chi connectivity index (χ4n) is 2.68. The topological polar surface area (TPSA) is 43.7 Å². The van der Waals surface area contributed by atoms with Gasteiger partial charge < -0.3 is 15.1 Å². The van der Waals surface area contributed by atoms with Crippen LogP contribution in [0.25, 0.3) is 0 Å². The maximum Gasteiger partial charge on any atom is 0.0681 e. The normalized spacial score (nSPS) is 25.0. The largest absolute Gasteiger partial charge is 0.392 e. The van der Waals surface area contributed by atoms with E-state index in [1.165, 1.54) is 11.3 Å². The smallest absolute Gasteiger partial charge is 0.0681 e. The zero-order chi connectivity index (χ0) is 13.2. The second-order valence-corrected chi connectivity index (χ2v) is 5.62. The van der Waals surface area contributed by atoms with Crippen LogP contribution < -0.4 is 4.90 Å². The van der Waals surface area contributed by atoms with Crippen LogP contribution >= 0.6 is 0 Å². The summed E-state index contributed by atoms with van der Waals surface area (Å²) in [5.74, 6) is 0. The van der Waals surface area contributed by atoms with Gasteiger partial charge in [0.25, 0.3) is 0 Å². The lowest BCUT2D eigenvalue weighted by atomic mass is 9.98. The highest BCUT2D eigenvalue weighted by molar-refractivity contribution is 5.54. The van der Waals surface area contributed by atoms with Crippen molar-refractivity contribution in [3.8, 4) is 0 Å². The van der Waals surface area contributed by atoms with Crippen molar-refractivity contribution in [2.24, 2.45) is 0 Å². The van der Waals surface area contributed by atoms with Gasteiger partial charge in [-0.1, -0.05) is 12.1 Å². The first-order valence-electron chi connectivity index (χ1n) is 6.69. The van der Waals surface area contributed by atoms with Crippen LogP contribution in [0.3, 0.4) is 0 Å². The van der Waals surface area contributed by atoms with Crippen molar-refractivity contribution in [1.29, 1.82) is 0 Å². The molecule has 1 unspecified atom stereocenters. The van der Waals surface area contributed by atoms with Crippen LogP contribution in [-0.4, -0.2) is 28.9 Å². The number of nitrogens with zero attached hydrogens (tertiary/aromatic N) is 1. The van der Waals surface area contributed by atoms with E-state index in [1.54, 1.807) is 0 Å². The quantitative estimate of drug-likeness (QED) is 0.844. The number of aliphatic hydroxyl groups excluding tert-OH is 1. The van der Waals surface area contributed by atoms with Crippen LogP contribution in [-0.2, 0) is 6.61 Å². The Hall–Kier alpha value is -1.06. The molecule has 0 aromatic heterocycles. The molecule has 18 heavy (non-hydrogen) atoms. The third-order valence-corrected chi connectivity index (χ3v) is 3.85. The monoisotopic (exact) mass is 249 g/mol. The van der Waals surface area contributed by atoms with Gasteiger partial charge in [0.05, 0.1) is 12.2 Å². The molecule has 0 saturated carbocycles.